The van der Waals surface area contributed by atoms with Gasteiger partial charge in [0.1, 0.15) is 12.2 Å². The van der Waals surface area contributed by atoms with E-state index in [-0.39, 0.29) is 35.5 Å². The van der Waals surface area contributed by atoms with Gasteiger partial charge in [0.05, 0.1) is 28.8 Å². The molecule has 0 atom stereocenters. The third-order valence-corrected chi connectivity index (χ3v) is 7.47. The molecule has 0 radical (unpaired) electrons. The van der Waals surface area contributed by atoms with Gasteiger partial charge in [0.25, 0.3) is 6.43 Å². The van der Waals surface area contributed by atoms with Gasteiger partial charge >= 0.3 is 0 Å². The Balaban J connectivity index is 1.44. The molecule has 0 spiro atoms. The number of hydrogen-bond donors (Lipinski definition) is 1. The van der Waals surface area contributed by atoms with Crippen molar-refractivity contribution >= 4 is 33.2 Å². The smallest absolute Gasteiger partial charge is 0.283 e. The number of ether oxygens (including phenoxy) is 1. The van der Waals surface area contributed by atoms with Gasteiger partial charge < -0.3 is 10.1 Å². The summed E-state index contributed by atoms with van der Waals surface area (Å²) in [6, 6.07) is 5.78. The van der Waals surface area contributed by atoms with Crippen LogP contribution >= 0.6 is 11.6 Å². The molecule has 2 aromatic rings. The molecule has 1 amide bonds. The highest BCUT2D eigenvalue weighted by Crippen LogP contribution is 2.45. The van der Waals surface area contributed by atoms with Crippen LogP contribution in [0.5, 0.6) is 0 Å². The maximum absolute atomic E-state index is 13.1. The van der Waals surface area contributed by atoms with Gasteiger partial charge in [-0.25, -0.2) is 17.2 Å². The van der Waals surface area contributed by atoms with E-state index < -0.39 is 28.0 Å². The number of alkyl halides is 2. The molecular weight excluding hydrogens is 454 g/mol. The highest BCUT2D eigenvalue weighted by molar-refractivity contribution is 7.89. The summed E-state index contributed by atoms with van der Waals surface area (Å²) in [7, 11) is -3.63. The zero-order chi connectivity index (χ0) is 22.2. The predicted molar refractivity (Wildman–Crippen MR) is 109 cm³/mol. The Kier molecular flexibility index (Phi) is 6.29. The van der Waals surface area contributed by atoms with E-state index in [0.717, 1.165) is 12.8 Å². The number of carbonyl (C=O) groups excluding carboxylic acids is 1. The van der Waals surface area contributed by atoms with Gasteiger partial charge in [-0.05, 0) is 37.1 Å². The fraction of sp³-hybridized carbons (Fsp3) is 0.474. The Hall–Kier alpha value is -2.08. The van der Waals surface area contributed by atoms with E-state index in [1.165, 1.54) is 33.3 Å². The molecule has 4 rings (SSSR count). The third kappa shape index (κ3) is 4.74. The molecule has 1 aliphatic heterocycles. The molecule has 12 heteroatoms. The van der Waals surface area contributed by atoms with Crippen LogP contribution in [0.15, 0.2) is 29.2 Å². The molecule has 168 valence electrons. The number of rotatable bonds is 7. The number of sulfonamides is 1. The van der Waals surface area contributed by atoms with Gasteiger partial charge in [0.2, 0.25) is 15.9 Å². The average molecular weight is 475 g/mol. The molecule has 8 nitrogen and oxygen atoms in total. The molecule has 1 aromatic carbocycles. The van der Waals surface area contributed by atoms with Gasteiger partial charge in [0, 0.05) is 24.7 Å². The summed E-state index contributed by atoms with van der Waals surface area (Å²) in [5.74, 6) is -0.448. The van der Waals surface area contributed by atoms with Crippen LogP contribution in [0.4, 0.5) is 14.5 Å². The van der Waals surface area contributed by atoms with Gasteiger partial charge in [0.15, 0.2) is 0 Å². The van der Waals surface area contributed by atoms with Crippen molar-refractivity contribution < 1.29 is 26.7 Å². The van der Waals surface area contributed by atoms with E-state index in [9.17, 15) is 22.0 Å². The van der Waals surface area contributed by atoms with Crippen molar-refractivity contribution in [1.82, 2.24) is 14.1 Å². The summed E-state index contributed by atoms with van der Waals surface area (Å²) in [6.45, 7) is 1.00. The number of hydrogen-bond acceptors (Lipinski definition) is 5. The first-order valence-corrected chi connectivity index (χ1v) is 11.6. The monoisotopic (exact) mass is 474 g/mol. The van der Waals surface area contributed by atoms with E-state index in [0.29, 0.717) is 24.6 Å². The van der Waals surface area contributed by atoms with Crippen molar-refractivity contribution in [2.45, 2.75) is 36.6 Å². The van der Waals surface area contributed by atoms with E-state index in [1.807, 2.05) is 0 Å². The third-order valence-electron chi connectivity index (χ3n) is 5.17. The standard InChI is InChI=1S/C19H21ClF2N4O4S/c20-16-17(19(21)22)24-26(18(16)12-1-2-12)11-15(27)23-13-3-5-14(6-4-13)31(28,29)25-7-9-30-10-8-25/h3-6,12,19H,1-2,7-11H2,(H,23,27). The maximum atomic E-state index is 13.1. The first kappa shape index (κ1) is 22.1. The number of amides is 1. The minimum absolute atomic E-state index is 0.0324. The second kappa shape index (κ2) is 8.81. The highest BCUT2D eigenvalue weighted by Gasteiger charge is 2.34. The lowest BCUT2D eigenvalue weighted by Gasteiger charge is -2.26. The van der Waals surface area contributed by atoms with Crippen LogP contribution in [-0.4, -0.2) is 54.7 Å². The number of morpholine rings is 1. The lowest BCUT2D eigenvalue weighted by molar-refractivity contribution is -0.117. The Bertz CT molecular complexity index is 1070. The summed E-state index contributed by atoms with van der Waals surface area (Å²) in [5.41, 5.74) is 0.319. The van der Waals surface area contributed by atoms with Crippen LogP contribution in [0.1, 0.15) is 36.6 Å². The summed E-state index contributed by atoms with van der Waals surface area (Å²) in [6.07, 6.45) is -1.20. The lowest BCUT2D eigenvalue weighted by Crippen LogP contribution is -2.40. The molecule has 2 fully saturated rings. The Morgan fingerprint density at radius 2 is 1.87 bits per heavy atom. The largest absolute Gasteiger partial charge is 0.379 e. The first-order valence-electron chi connectivity index (χ1n) is 9.79. The van der Waals surface area contributed by atoms with Crippen molar-refractivity contribution in [3.05, 3.63) is 40.7 Å². The highest BCUT2D eigenvalue weighted by atomic mass is 35.5. The van der Waals surface area contributed by atoms with Gasteiger partial charge in [-0.1, -0.05) is 11.6 Å². The zero-order valence-corrected chi connectivity index (χ0v) is 18.0. The van der Waals surface area contributed by atoms with E-state index in [1.54, 1.807) is 0 Å². The van der Waals surface area contributed by atoms with E-state index in [4.69, 9.17) is 16.3 Å². The quantitative estimate of drug-likeness (QED) is 0.665. The lowest BCUT2D eigenvalue weighted by atomic mass is 10.2. The maximum Gasteiger partial charge on any atom is 0.283 e. The van der Waals surface area contributed by atoms with Crippen LogP contribution in [-0.2, 0) is 26.1 Å². The van der Waals surface area contributed by atoms with Crippen LogP contribution in [0.2, 0.25) is 5.02 Å². The normalized spacial score (nSPS) is 17.8. The number of carbonyl (C=O) groups is 1. The summed E-state index contributed by atoms with van der Waals surface area (Å²) in [5, 5.41) is 6.38. The van der Waals surface area contributed by atoms with Crippen LogP contribution in [0.3, 0.4) is 0 Å². The fourth-order valence-corrected chi connectivity index (χ4v) is 5.24. The van der Waals surface area contributed by atoms with Crippen molar-refractivity contribution in [3.63, 3.8) is 0 Å². The van der Waals surface area contributed by atoms with Crippen LogP contribution in [0.25, 0.3) is 0 Å². The molecule has 2 aliphatic rings. The molecule has 1 aromatic heterocycles. The summed E-state index contributed by atoms with van der Waals surface area (Å²) in [4.78, 5) is 12.6. The first-order chi connectivity index (χ1) is 14.8. The number of halogens is 3. The number of nitrogens with zero attached hydrogens (tertiary/aromatic N) is 3. The Morgan fingerprint density at radius 3 is 2.45 bits per heavy atom. The fourth-order valence-electron chi connectivity index (χ4n) is 3.46. The second-order valence-electron chi connectivity index (χ2n) is 7.41. The van der Waals surface area contributed by atoms with Crippen LogP contribution < -0.4 is 5.32 Å². The zero-order valence-electron chi connectivity index (χ0n) is 16.4. The number of nitrogens with one attached hydrogen (secondary N) is 1. The van der Waals surface area contributed by atoms with Crippen molar-refractivity contribution in [2.75, 3.05) is 31.6 Å². The van der Waals surface area contributed by atoms with Gasteiger partial charge in [-0.2, -0.15) is 9.40 Å². The second-order valence-corrected chi connectivity index (χ2v) is 9.72. The molecule has 31 heavy (non-hydrogen) atoms. The molecule has 1 saturated carbocycles. The minimum atomic E-state index is -3.63. The van der Waals surface area contributed by atoms with Gasteiger partial charge in [-0.15, -0.1) is 0 Å². The molecule has 1 N–H and O–H groups in total. The topological polar surface area (TPSA) is 93.5 Å². The summed E-state index contributed by atoms with van der Waals surface area (Å²) >= 11 is 6.06. The Morgan fingerprint density at radius 1 is 1.23 bits per heavy atom. The van der Waals surface area contributed by atoms with Crippen molar-refractivity contribution in [1.29, 1.82) is 0 Å². The molecule has 0 bridgehead atoms. The van der Waals surface area contributed by atoms with Crippen molar-refractivity contribution in [3.8, 4) is 0 Å². The predicted octanol–water partition coefficient (Wildman–Crippen LogP) is 3.01. The van der Waals surface area contributed by atoms with Crippen LogP contribution in [0, 0.1) is 0 Å². The summed E-state index contributed by atoms with van der Waals surface area (Å²) < 4.78 is 59.4. The van der Waals surface area contributed by atoms with Gasteiger partial charge in [-0.3, -0.25) is 9.48 Å². The van der Waals surface area contributed by atoms with E-state index in [2.05, 4.69) is 10.4 Å². The van der Waals surface area contributed by atoms with Crippen molar-refractivity contribution in [2.24, 2.45) is 0 Å². The molecular formula is C19H21ClF2N4O4S. The SMILES string of the molecule is O=C(Cn1nc(C(F)F)c(Cl)c1C1CC1)Nc1ccc(S(=O)(=O)N2CCOCC2)cc1. The minimum Gasteiger partial charge on any atom is -0.379 e. The number of benzene rings is 1. The molecule has 2 heterocycles. The number of anilines is 1. The number of aromatic nitrogens is 2. The average Bonchev–Trinajstić information content (AvgIpc) is 3.52. The Labute approximate surface area is 183 Å². The molecule has 1 saturated heterocycles. The molecule has 0 unspecified atom stereocenters. The van der Waals surface area contributed by atoms with E-state index >= 15 is 0 Å². The molecule has 1 aliphatic carbocycles.